The molecule has 1 aliphatic heterocycles. The van der Waals surface area contributed by atoms with E-state index in [1.165, 1.54) is 0 Å². The van der Waals surface area contributed by atoms with Gasteiger partial charge in [-0.3, -0.25) is 14.7 Å². The molecule has 1 saturated heterocycles. The van der Waals surface area contributed by atoms with Gasteiger partial charge in [-0.1, -0.05) is 0 Å². The highest BCUT2D eigenvalue weighted by Gasteiger charge is 2.36. The van der Waals surface area contributed by atoms with Crippen LogP contribution in [0.4, 0.5) is 0 Å². The average Bonchev–Trinajstić information content (AvgIpc) is 3.36. The van der Waals surface area contributed by atoms with E-state index in [9.17, 15) is 9.59 Å². The summed E-state index contributed by atoms with van der Waals surface area (Å²) in [5, 5.41) is 9.82. The molecule has 1 atom stereocenters. The van der Waals surface area contributed by atoms with Crippen molar-refractivity contribution in [2.45, 2.75) is 45.7 Å². The van der Waals surface area contributed by atoms with Crippen molar-refractivity contribution < 1.29 is 9.59 Å². The van der Waals surface area contributed by atoms with Gasteiger partial charge >= 0.3 is 0 Å². The van der Waals surface area contributed by atoms with Crippen molar-refractivity contribution in [3.05, 3.63) is 10.6 Å². The predicted molar refractivity (Wildman–Crippen MR) is 87.0 cm³/mol. The Morgan fingerprint density at radius 2 is 2.13 bits per heavy atom. The summed E-state index contributed by atoms with van der Waals surface area (Å²) in [5.41, 5.74) is 0. The Balaban J connectivity index is 1.55. The summed E-state index contributed by atoms with van der Waals surface area (Å²) in [4.78, 5) is 26.4. The number of H-pyrrole nitrogens is 1. The standard InChI is InChI=1S/C15H23N5O2S/c1-2-20-12(17-18-15(20)23)8-16-13(21)11-4-3-7-19(9-11)14(22)10-5-6-10/h10-11H,2-9H2,1H3,(H,16,21)(H,18,23). The molecular formula is C15H23N5O2S. The number of piperidine rings is 1. The zero-order valence-electron chi connectivity index (χ0n) is 13.4. The van der Waals surface area contributed by atoms with Crippen molar-refractivity contribution >= 4 is 24.0 Å². The largest absolute Gasteiger partial charge is 0.348 e. The van der Waals surface area contributed by atoms with Crippen LogP contribution in [0.5, 0.6) is 0 Å². The molecule has 3 rings (SSSR count). The van der Waals surface area contributed by atoms with Crippen LogP contribution < -0.4 is 5.32 Å². The predicted octanol–water partition coefficient (Wildman–Crippen LogP) is 1.23. The molecule has 2 heterocycles. The third-order valence-electron chi connectivity index (χ3n) is 4.60. The van der Waals surface area contributed by atoms with E-state index in [0.717, 1.165) is 38.1 Å². The first kappa shape index (κ1) is 16.2. The van der Waals surface area contributed by atoms with Crippen LogP contribution in [0.15, 0.2) is 0 Å². The lowest BCUT2D eigenvalue weighted by molar-refractivity contribution is -0.136. The van der Waals surface area contributed by atoms with Crippen molar-refractivity contribution in [3.63, 3.8) is 0 Å². The molecule has 1 aromatic rings. The van der Waals surface area contributed by atoms with Crippen LogP contribution in [0.3, 0.4) is 0 Å². The van der Waals surface area contributed by atoms with Gasteiger partial charge in [-0.2, -0.15) is 5.10 Å². The van der Waals surface area contributed by atoms with Gasteiger partial charge in [0.1, 0.15) is 0 Å². The lowest BCUT2D eigenvalue weighted by atomic mass is 9.96. The summed E-state index contributed by atoms with van der Waals surface area (Å²) in [6.07, 6.45) is 3.74. The second-order valence-corrected chi connectivity index (χ2v) is 6.69. The third kappa shape index (κ3) is 3.63. The van der Waals surface area contributed by atoms with Gasteiger partial charge in [-0.25, -0.2) is 0 Å². The van der Waals surface area contributed by atoms with E-state index in [-0.39, 0.29) is 23.7 Å². The Kier molecular flexibility index (Phi) is 4.79. The smallest absolute Gasteiger partial charge is 0.225 e. The lowest BCUT2D eigenvalue weighted by Gasteiger charge is -2.32. The molecule has 0 bridgehead atoms. The first-order valence-electron chi connectivity index (χ1n) is 8.30. The summed E-state index contributed by atoms with van der Waals surface area (Å²) < 4.78 is 2.43. The van der Waals surface area contributed by atoms with Gasteiger partial charge in [-0.05, 0) is 44.8 Å². The molecular weight excluding hydrogens is 314 g/mol. The molecule has 1 unspecified atom stereocenters. The highest BCUT2D eigenvalue weighted by Crippen LogP contribution is 2.32. The molecule has 126 valence electrons. The fourth-order valence-corrected chi connectivity index (χ4v) is 3.38. The highest BCUT2D eigenvalue weighted by atomic mass is 32.1. The monoisotopic (exact) mass is 337 g/mol. The first-order chi connectivity index (χ1) is 11.1. The molecule has 0 spiro atoms. The van der Waals surface area contributed by atoms with E-state index >= 15 is 0 Å². The van der Waals surface area contributed by atoms with Crippen molar-refractivity contribution in [1.29, 1.82) is 0 Å². The maximum atomic E-state index is 12.4. The number of carbonyl (C=O) groups is 2. The normalized spacial score (nSPS) is 21.3. The van der Waals surface area contributed by atoms with Crippen LogP contribution in [0, 0.1) is 16.6 Å². The van der Waals surface area contributed by atoms with Crippen molar-refractivity contribution in [3.8, 4) is 0 Å². The number of nitrogens with zero attached hydrogens (tertiary/aromatic N) is 3. The van der Waals surface area contributed by atoms with Crippen LogP contribution in [-0.4, -0.2) is 44.6 Å². The summed E-state index contributed by atoms with van der Waals surface area (Å²) in [5.74, 6) is 1.05. The maximum absolute atomic E-state index is 12.4. The van der Waals surface area contributed by atoms with Gasteiger partial charge in [0.05, 0.1) is 12.5 Å². The van der Waals surface area contributed by atoms with Gasteiger partial charge < -0.3 is 14.8 Å². The number of aromatic amines is 1. The molecule has 1 saturated carbocycles. The van der Waals surface area contributed by atoms with E-state index in [1.54, 1.807) is 0 Å². The molecule has 2 aliphatic rings. The number of hydrogen-bond acceptors (Lipinski definition) is 4. The maximum Gasteiger partial charge on any atom is 0.225 e. The average molecular weight is 337 g/mol. The van der Waals surface area contributed by atoms with Crippen molar-refractivity contribution in [2.75, 3.05) is 13.1 Å². The summed E-state index contributed by atoms with van der Waals surface area (Å²) in [6.45, 7) is 4.38. The van der Waals surface area contributed by atoms with Crippen LogP contribution in [0.25, 0.3) is 0 Å². The van der Waals surface area contributed by atoms with Crippen LogP contribution in [-0.2, 0) is 22.7 Å². The van der Waals surface area contributed by atoms with Gasteiger partial charge in [0.15, 0.2) is 10.6 Å². The Labute approximate surface area is 140 Å². The zero-order valence-corrected chi connectivity index (χ0v) is 14.2. The van der Waals surface area contributed by atoms with Gasteiger partial charge in [0.2, 0.25) is 11.8 Å². The quantitative estimate of drug-likeness (QED) is 0.792. The Bertz CT molecular complexity index is 649. The second-order valence-electron chi connectivity index (χ2n) is 6.30. The summed E-state index contributed by atoms with van der Waals surface area (Å²) >= 11 is 5.14. The van der Waals surface area contributed by atoms with Gasteiger partial charge in [0.25, 0.3) is 0 Å². The van der Waals surface area contributed by atoms with E-state index in [1.807, 2.05) is 16.4 Å². The van der Waals surface area contributed by atoms with Gasteiger partial charge in [-0.15, -0.1) is 0 Å². The van der Waals surface area contributed by atoms with E-state index < -0.39 is 0 Å². The molecule has 8 heteroatoms. The number of aromatic nitrogens is 3. The topological polar surface area (TPSA) is 83.0 Å². The molecule has 1 aliphatic carbocycles. The van der Waals surface area contributed by atoms with Crippen LogP contribution in [0.1, 0.15) is 38.4 Å². The Hall–Kier alpha value is -1.70. The number of carbonyl (C=O) groups excluding carboxylic acids is 2. The minimum atomic E-state index is -0.122. The Morgan fingerprint density at radius 3 is 2.83 bits per heavy atom. The minimum absolute atomic E-state index is 0.00475. The molecule has 1 aromatic heterocycles. The van der Waals surface area contributed by atoms with Crippen molar-refractivity contribution in [1.82, 2.24) is 25.0 Å². The second kappa shape index (κ2) is 6.82. The fourth-order valence-electron chi connectivity index (χ4n) is 3.10. The number of likely N-dealkylation sites (tertiary alicyclic amines) is 1. The third-order valence-corrected chi connectivity index (χ3v) is 4.92. The van der Waals surface area contributed by atoms with Crippen molar-refractivity contribution in [2.24, 2.45) is 11.8 Å². The fraction of sp³-hybridized carbons (Fsp3) is 0.733. The minimum Gasteiger partial charge on any atom is -0.348 e. The number of hydrogen-bond donors (Lipinski definition) is 2. The van der Waals surface area contributed by atoms with E-state index in [2.05, 4.69) is 15.5 Å². The van der Waals surface area contributed by atoms with E-state index in [0.29, 0.717) is 24.4 Å². The van der Waals surface area contributed by atoms with E-state index in [4.69, 9.17) is 12.2 Å². The van der Waals surface area contributed by atoms with Crippen LogP contribution >= 0.6 is 12.2 Å². The SMILES string of the molecule is CCn1c(CNC(=O)C2CCCN(C(=O)C3CC3)C2)n[nH]c1=S. The van der Waals surface area contributed by atoms with Crippen LogP contribution in [0.2, 0.25) is 0 Å². The summed E-state index contributed by atoms with van der Waals surface area (Å²) in [7, 11) is 0. The molecule has 7 nitrogen and oxygen atoms in total. The first-order valence-corrected chi connectivity index (χ1v) is 8.71. The number of amides is 2. The lowest BCUT2D eigenvalue weighted by Crippen LogP contribution is -2.46. The molecule has 2 fully saturated rings. The molecule has 2 amide bonds. The summed E-state index contributed by atoms with van der Waals surface area (Å²) in [6, 6.07) is 0. The molecule has 0 radical (unpaired) electrons. The number of nitrogens with one attached hydrogen (secondary N) is 2. The molecule has 2 N–H and O–H groups in total. The molecule has 23 heavy (non-hydrogen) atoms. The highest BCUT2D eigenvalue weighted by molar-refractivity contribution is 7.71. The zero-order chi connectivity index (χ0) is 16.4. The molecule has 0 aromatic carbocycles. The van der Waals surface area contributed by atoms with Gasteiger partial charge in [0, 0.05) is 25.6 Å². The Morgan fingerprint density at radius 1 is 1.35 bits per heavy atom. The number of rotatable bonds is 5.